The normalized spacial score (nSPS) is 11.6. The quantitative estimate of drug-likeness (QED) is 0.164. The highest BCUT2D eigenvalue weighted by molar-refractivity contribution is 6.22. The van der Waals surface area contributed by atoms with Crippen LogP contribution in [0.5, 0.6) is 0 Å². The molecule has 0 fully saturated rings. The maximum atomic E-state index is 11.1. The molecule has 0 aliphatic rings. The number of aromatic nitrogens is 2. The van der Waals surface area contributed by atoms with Crippen molar-refractivity contribution in [2.45, 2.75) is 0 Å². The Hall–Kier alpha value is -8.58. The predicted molar refractivity (Wildman–Crippen MR) is 246 cm³/mol. The van der Waals surface area contributed by atoms with E-state index in [2.05, 4.69) is 158 Å². The largest absolute Gasteiger partial charge is 0.456 e. The van der Waals surface area contributed by atoms with Crippen molar-refractivity contribution in [3.05, 3.63) is 205 Å². The Balaban J connectivity index is 1.13. The Morgan fingerprint density at radius 2 is 1.12 bits per heavy atom. The molecule has 60 heavy (non-hydrogen) atoms. The van der Waals surface area contributed by atoms with E-state index < -0.39 is 0 Å². The summed E-state index contributed by atoms with van der Waals surface area (Å²) in [5.41, 5.74) is 10.7. The van der Waals surface area contributed by atoms with E-state index in [0.717, 1.165) is 93.4 Å². The first-order chi connectivity index (χ1) is 29.7. The number of fused-ring (bicyclic) bond motifs is 11. The molecule has 6 nitrogen and oxygen atoms in total. The lowest BCUT2D eigenvalue weighted by molar-refractivity contribution is 0.669. The minimum absolute atomic E-state index is 0.440. The summed E-state index contributed by atoms with van der Waals surface area (Å²) in [6.45, 7) is 8.64. The zero-order valence-corrected chi connectivity index (χ0v) is 32.0. The summed E-state index contributed by atoms with van der Waals surface area (Å²) in [6, 6.07) is 67.0. The molecule has 0 N–H and O–H groups in total. The summed E-state index contributed by atoms with van der Waals surface area (Å²) in [4.78, 5) is 6.45. The molecule has 0 amide bonds. The van der Waals surface area contributed by atoms with Crippen molar-refractivity contribution in [3.63, 3.8) is 0 Å². The zero-order chi connectivity index (χ0) is 39.9. The second-order valence-electron chi connectivity index (χ2n) is 15.1. The van der Waals surface area contributed by atoms with Gasteiger partial charge in [-0.3, -0.25) is 0 Å². The summed E-state index contributed by atoms with van der Waals surface area (Å²) < 4.78 is 10.6. The van der Waals surface area contributed by atoms with Gasteiger partial charge in [-0.15, -0.1) is 0 Å². The molecule has 0 atom stereocenters. The molecule has 3 aromatic heterocycles. The van der Waals surface area contributed by atoms with Crippen molar-refractivity contribution in [1.82, 2.24) is 9.13 Å². The van der Waals surface area contributed by atoms with E-state index in [0.29, 0.717) is 22.6 Å². The van der Waals surface area contributed by atoms with Crippen LogP contribution < -0.4 is 4.90 Å². The van der Waals surface area contributed by atoms with Crippen LogP contribution >= 0.6 is 0 Å². The first-order valence-electron chi connectivity index (χ1n) is 19.9. The van der Waals surface area contributed by atoms with Gasteiger partial charge in [-0.2, -0.15) is 5.26 Å². The SMILES string of the molecule is [C-]#[N+]c1cc(-n2c3ccc(N(c4ccccc4)c4ccccc4)cc3c3c4ccccc4ccc32)c(C#N)cc1-n1c2ccccc2c2cc3oc4ccccc4c3cc21. The summed E-state index contributed by atoms with van der Waals surface area (Å²) >= 11 is 0. The third-order valence-corrected chi connectivity index (χ3v) is 11.9. The molecule has 12 aromatic rings. The molecule has 0 unspecified atom stereocenters. The fraction of sp³-hybridized carbons (Fsp3) is 0. The minimum atomic E-state index is 0.440. The Morgan fingerprint density at radius 3 is 1.88 bits per heavy atom. The average Bonchev–Trinajstić information content (AvgIpc) is 3.95. The molecule has 0 saturated carbocycles. The number of para-hydroxylation sites is 4. The molecule has 3 heterocycles. The highest BCUT2D eigenvalue weighted by Crippen LogP contribution is 2.45. The van der Waals surface area contributed by atoms with E-state index in [-0.39, 0.29) is 0 Å². The van der Waals surface area contributed by atoms with Gasteiger partial charge in [0.15, 0.2) is 0 Å². The number of anilines is 3. The summed E-state index contributed by atoms with van der Waals surface area (Å²) in [5.74, 6) is 0. The molecule has 9 aromatic carbocycles. The number of rotatable bonds is 5. The Morgan fingerprint density at radius 1 is 0.467 bits per heavy atom. The standard InChI is InChI=1S/C54H31N5O/c1-56-45-32-49(35(33-55)28-51(45)59-46-22-12-10-20-40(46)42-31-53-43(30-50(42)59)41-21-11-13-23-52(41)60-53)58-47-27-25-38(57(36-15-4-2-5-16-36)37-17-6-3-7-18-37)29-44(47)54-39-19-9-8-14-34(39)24-26-48(54)58/h2-32H. The number of furan rings is 1. The average molecular weight is 766 g/mol. The van der Waals surface area contributed by atoms with Gasteiger partial charge in [0.05, 0.1) is 45.6 Å². The van der Waals surface area contributed by atoms with Crippen LogP contribution in [0.15, 0.2) is 192 Å². The van der Waals surface area contributed by atoms with Gasteiger partial charge >= 0.3 is 0 Å². The van der Waals surface area contributed by atoms with E-state index in [1.165, 1.54) is 0 Å². The smallest absolute Gasteiger partial charge is 0.212 e. The number of nitriles is 1. The first kappa shape index (κ1) is 33.5. The maximum absolute atomic E-state index is 11.1. The number of nitrogens with zero attached hydrogens (tertiary/aromatic N) is 5. The van der Waals surface area contributed by atoms with E-state index in [1.54, 1.807) is 0 Å². The molecule has 0 saturated heterocycles. The van der Waals surface area contributed by atoms with Crippen molar-refractivity contribution in [2.24, 2.45) is 0 Å². The van der Waals surface area contributed by atoms with Gasteiger partial charge in [0.2, 0.25) is 5.69 Å². The second kappa shape index (κ2) is 13.0. The summed E-state index contributed by atoms with van der Waals surface area (Å²) in [6.07, 6.45) is 0. The van der Waals surface area contributed by atoms with Crippen LogP contribution in [0.4, 0.5) is 22.7 Å². The number of benzene rings is 9. The third-order valence-electron chi connectivity index (χ3n) is 11.9. The lowest BCUT2D eigenvalue weighted by atomic mass is 10.0. The van der Waals surface area contributed by atoms with Gasteiger partial charge in [0, 0.05) is 49.4 Å². The highest BCUT2D eigenvalue weighted by atomic mass is 16.3. The van der Waals surface area contributed by atoms with Crippen molar-refractivity contribution in [1.29, 1.82) is 5.26 Å². The lowest BCUT2D eigenvalue weighted by Gasteiger charge is -2.25. The van der Waals surface area contributed by atoms with Crippen LogP contribution in [0, 0.1) is 17.9 Å². The van der Waals surface area contributed by atoms with Crippen molar-refractivity contribution in [3.8, 4) is 17.4 Å². The minimum Gasteiger partial charge on any atom is -0.456 e. The molecule has 0 radical (unpaired) electrons. The topological polar surface area (TPSA) is 54.4 Å². The van der Waals surface area contributed by atoms with Crippen LogP contribution in [-0.2, 0) is 0 Å². The van der Waals surface area contributed by atoms with Crippen LogP contribution in [0.2, 0.25) is 0 Å². The summed E-state index contributed by atoms with van der Waals surface area (Å²) in [5, 5.41) is 19.5. The first-order valence-corrected chi connectivity index (χ1v) is 19.9. The van der Waals surface area contributed by atoms with Crippen LogP contribution in [0.25, 0.3) is 92.5 Å². The summed E-state index contributed by atoms with van der Waals surface area (Å²) in [7, 11) is 0. The number of hydrogen-bond donors (Lipinski definition) is 0. The van der Waals surface area contributed by atoms with Crippen molar-refractivity contribution >= 4 is 99.1 Å². The fourth-order valence-electron chi connectivity index (χ4n) is 9.33. The molecule has 0 aliphatic heterocycles. The van der Waals surface area contributed by atoms with E-state index in [4.69, 9.17) is 11.0 Å². The second-order valence-corrected chi connectivity index (χ2v) is 15.1. The lowest BCUT2D eigenvalue weighted by Crippen LogP contribution is -2.09. The molecule has 278 valence electrons. The predicted octanol–water partition coefficient (Wildman–Crippen LogP) is 14.8. The van der Waals surface area contributed by atoms with E-state index in [9.17, 15) is 5.26 Å². The van der Waals surface area contributed by atoms with Gasteiger partial charge in [0.25, 0.3) is 0 Å². The van der Waals surface area contributed by atoms with Crippen LogP contribution in [-0.4, -0.2) is 9.13 Å². The Bertz CT molecular complexity index is 3760. The molecule has 6 heteroatoms. The third kappa shape index (κ3) is 4.86. The van der Waals surface area contributed by atoms with Gasteiger partial charge in [0.1, 0.15) is 17.2 Å². The van der Waals surface area contributed by atoms with E-state index >= 15 is 0 Å². The fourth-order valence-corrected chi connectivity index (χ4v) is 9.33. The van der Waals surface area contributed by atoms with Gasteiger partial charge in [-0.25, -0.2) is 4.85 Å². The maximum Gasteiger partial charge on any atom is 0.212 e. The van der Waals surface area contributed by atoms with E-state index in [1.807, 2.05) is 54.6 Å². The highest BCUT2D eigenvalue weighted by Gasteiger charge is 2.24. The molecule has 0 bridgehead atoms. The van der Waals surface area contributed by atoms with Crippen molar-refractivity contribution in [2.75, 3.05) is 4.90 Å². The zero-order valence-electron chi connectivity index (χ0n) is 32.0. The van der Waals surface area contributed by atoms with Crippen molar-refractivity contribution < 1.29 is 4.42 Å². The monoisotopic (exact) mass is 765 g/mol. The van der Waals surface area contributed by atoms with Crippen LogP contribution in [0.3, 0.4) is 0 Å². The van der Waals surface area contributed by atoms with Crippen LogP contribution in [0.1, 0.15) is 5.56 Å². The van der Waals surface area contributed by atoms with Gasteiger partial charge in [-0.1, -0.05) is 103 Å². The molecule has 0 spiro atoms. The molecule has 0 aliphatic carbocycles. The van der Waals surface area contributed by atoms with Gasteiger partial charge < -0.3 is 18.5 Å². The molecular weight excluding hydrogens is 735 g/mol. The molecule has 12 rings (SSSR count). The Kier molecular flexibility index (Phi) is 7.26. The number of hydrogen-bond acceptors (Lipinski definition) is 3. The Labute approximate surface area is 344 Å². The molecular formula is C54H31N5O. The van der Waals surface area contributed by atoms with Gasteiger partial charge in [-0.05, 0) is 95.7 Å².